The Morgan fingerprint density at radius 1 is 1.50 bits per heavy atom. The highest BCUT2D eigenvalue weighted by Gasteiger charge is 2.38. The molecule has 0 amide bonds. The molecule has 0 bridgehead atoms. The van der Waals surface area contributed by atoms with Crippen molar-refractivity contribution in [1.29, 1.82) is 0 Å². The third kappa shape index (κ3) is 2.52. The number of rotatable bonds is 2. The molecule has 1 saturated heterocycles. The fourth-order valence-corrected chi connectivity index (χ4v) is 1.50. The molecule has 1 heterocycles. The average Bonchev–Trinajstić information content (AvgIpc) is 2.13. The minimum Gasteiger partial charge on any atom is -0.394 e. The second kappa shape index (κ2) is 4.85. The summed E-state index contributed by atoms with van der Waals surface area (Å²) in [5.74, 6) is 0. The van der Waals surface area contributed by atoms with Gasteiger partial charge in [0.1, 0.15) is 18.3 Å². The first-order valence-electron chi connectivity index (χ1n) is 4.20. The van der Waals surface area contributed by atoms with Crippen LogP contribution in [0.5, 0.6) is 0 Å². The summed E-state index contributed by atoms with van der Waals surface area (Å²) in [6, 6.07) is -0.537. The van der Waals surface area contributed by atoms with Crippen LogP contribution in [0.25, 0.3) is 0 Å². The van der Waals surface area contributed by atoms with Crippen LogP contribution in [0.15, 0.2) is 0 Å². The number of thiocarbonyl (C=S) groups is 1. The van der Waals surface area contributed by atoms with Crippen LogP contribution in [0.1, 0.15) is 0 Å². The predicted molar refractivity (Wildman–Crippen MR) is 52.5 cm³/mol. The smallest absolute Gasteiger partial charge is 0.164 e. The number of hydrogen-bond donors (Lipinski definition) is 5. The number of hydrogen-bond acceptors (Lipinski definition) is 5. The maximum atomic E-state index is 9.57. The fourth-order valence-electron chi connectivity index (χ4n) is 1.35. The highest BCUT2D eigenvalue weighted by molar-refractivity contribution is 7.80. The van der Waals surface area contributed by atoms with E-state index >= 15 is 0 Å². The van der Waals surface area contributed by atoms with Crippen molar-refractivity contribution in [3.63, 3.8) is 0 Å². The van der Waals surface area contributed by atoms with Gasteiger partial charge in [-0.15, -0.1) is 0 Å². The highest BCUT2D eigenvalue weighted by Crippen LogP contribution is 2.14. The summed E-state index contributed by atoms with van der Waals surface area (Å²) in [5.41, 5.74) is 5.22. The van der Waals surface area contributed by atoms with E-state index in [2.05, 4.69) is 17.5 Å². The van der Waals surface area contributed by atoms with E-state index in [1.165, 1.54) is 0 Å². The number of nitrogens with one attached hydrogen (secondary N) is 1. The molecule has 0 unspecified atom stereocenters. The third-order valence-electron chi connectivity index (χ3n) is 2.14. The molecule has 0 aliphatic carbocycles. The van der Waals surface area contributed by atoms with Gasteiger partial charge in [0.15, 0.2) is 5.11 Å². The molecule has 4 atom stereocenters. The van der Waals surface area contributed by atoms with Crippen molar-refractivity contribution >= 4 is 17.3 Å². The van der Waals surface area contributed by atoms with Gasteiger partial charge in [-0.25, -0.2) is 0 Å². The molecule has 82 valence electrons. The Morgan fingerprint density at radius 2 is 2.14 bits per heavy atom. The lowest BCUT2D eigenvalue weighted by Crippen LogP contribution is -2.60. The van der Waals surface area contributed by atoms with Gasteiger partial charge in [-0.1, -0.05) is 0 Å². The largest absolute Gasteiger partial charge is 0.394 e. The summed E-state index contributed by atoms with van der Waals surface area (Å²) in [5, 5.41) is 30.4. The van der Waals surface area contributed by atoms with Gasteiger partial charge in [0.05, 0.1) is 19.3 Å². The van der Waals surface area contributed by atoms with Crippen LogP contribution in [0.2, 0.25) is 0 Å². The molecule has 0 aromatic rings. The molecule has 7 heteroatoms. The molecule has 0 radical (unpaired) electrons. The van der Waals surface area contributed by atoms with Crippen molar-refractivity contribution in [3.8, 4) is 0 Å². The standard InChI is InChI=1S/C7H14N2O4S/c8-7(14)9-3-2-13-4(1-10)6(12)5(3)11/h3-6,10-12H,1-2H2,(H3,8,9,14)/t3-,4+,5+,6-/m0/s1. The Bertz CT molecular complexity index is 216. The van der Waals surface area contributed by atoms with Crippen molar-refractivity contribution < 1.29 is 20.1 Å². The van der Waals surface area contributed by atoms with Gasteiger partial charge < -0.3 is 31.1 Å². The minimum atomic E-state index is -1.14. The minimum absolute atomic E-state index is 0.0345. The van der Waals surface area contributed by atoms with Crippen LogP contribution in [-0.4, -0.2) is 58.0 Å². The normalized spacial score (nSPS) is 37.9. The Hall–Kier alpha value is -0.470. The van der Waals surface area contributed by atoms with Gasteiger partial charge in [0, 0.05) is 0 Å². The zero-order valence-electron chi connectivity index (χ0n) is 7.46. The summed E-state index contributed by atoms with van der Waals surface area (Å²) in [6.45, 7) is -0.196. The molecule has 6 N–H and O–H groups in total. The Kier molecular flexibility index (Phi) is 4.02. The van der Waals surface area contributed by atoms with Crippen molar-refractivity contribution in [3.05, 3.63) is 0 Å². The molecule has 0 spiro atoms. The summed E-state index contributed by atoms with van der Waals surface area (Å²) in [4.78, 5) is 0. The lowest BCUT2D eigenvalue weighted by molar-refractivity contribution is -0.159. The topological polar surface area (TPSA) is 108 Å². The first-order valence-corrected chi connectivity index (χ1v) is 4.61. The third-order valence-corrected chi connectivity index (χ3v) is 2.26. The van der Waals surface area contributed by atoms with E-state index in [4.69, 9.17) is 15.6 Å². The molecular weight excluding hydrogens is 208 g/mol. The van der Waals surface area contributed by atoms with E-state index < -0.39 is 24.4 Å². The van der Waals surface area contributed by atoms with Gasteiger partial charge in [0.2, 0.25) is 0 Å². The van der Waals surface area contributed by atoms with Crippen LogP contribution in [0.4, 0.5) is 0 Å². The average molecular weight is 222 g/mol. The zero-order chi connectivity index (χ0) is 10.7. The van der Waals surface area contributed by atoms with Crippen LogP contribution in [0, 0.1) is 0 Å². The van der Waals surface area contributed by atoms with E-state index in [1.807, 2.05) is 0 Å². The van der Waals surface area contributed by atoms with Crippen LogP contribution >= 0.6 is 12.2 Å². The van der Waals surface area contributed by atoms with Crippen molar-refractivity contribution in [2.24, 2.45) is 5.73 Å². The van der Waals surface area contributed by atoms with Gasteiger partial charge in [0.25, 0.3) is 0 Å². The molecule has 0 aromatic carbocycles. The molecule has 1 fully saturated rings. The number of aliphatic hydroxyl groups is 3. The van der Waals surface area contributed by atoms with Gasteiger partial charge in [-0.05, 0) is 12.2 Å². The van der Waals surface area contributed by atoms with E-state index in [1.54, 1.807) is 0 Å². The molecule has 1 rings (SSSR count). The molecule has 6 nitrogen and oxygen atoms in total. The quantitative estimate of drug-likeness (QED) is 0.324. The Balaban J connectivity index is 2.54. The lowest BCUT2D eigenvalue weighted by Gasteiger charge is -2.37. The monoisotopic (exact) mass is 222 g/mol. The lowest BCUT2D eigenvalue weighted by atomic mass is 9.99. The molecule has 1 aliphatic rings. The molecule has 14 heavy (non-hydrogen) atoms. The summed E-state index contributed by atoms with van der Waals surface area (Å²) in [7, 11) is 0. The summed E-state index contributed by atoms with van der Waals surface area (Å²) < 4.78 is 5.09. The van der Waals surface area contributed by atoms with Gasteiger partial charge in [-0.3, -0.25) is 0 Å². The first kappa shape index (κ1) is 11.6. The van der Waals surface area contributed by atoms with Crippen LogP contribution in [0.3, 0.4) is 0 Å². The van der Waals surface area contributed by atoms with E-state index in [0.29, 0.717) is 0 Å². The Labute approximate surface area is 86.7 Å². The SMILES string of the molecule is NC(=S)N[C@H]1CO[C@H](CO)[C@H](O)[C@@H]1O. The van der Waals surface area contributed by atoms with E-state index in [0.717, 1.165) is 0 Å². The van der Waals surface area contributed by atoms with Gasteiger partial charge >= 0.3 is 0 Å². The maximum Gasteiger partial charge on any atom is 0.164 e. The Morgan fingerprint density at radius 3 is 2.64 bits per heavy atom. The second-order valence-electron chi connectivity index (χ2n) is 3.15. The summed E-state index contributed by atoms with van der Waals surface area (Å²) >= 11 is 4.59. The predicted octanol–water partition coefficient (Wildman–Crippen LogP) is -2.70. The molecule has 0 saturated carbocycles. The number of nitrogens with two attached hydrogens (primary N) is 1. The van der Waals surface area contributed by atoms with Crippen molar-refractivity contribution in [2.45, 2.75) is 24.4 Å². The van der Waals surface area contributed by atoms with Crippen LogP contribution < -0.4 is 11.1 Å². The second-order valence-corrected chi connectivity index (χ2v) is 3.59. The summed E-state index contributed by atoms with van der Waals surface area (Å²) in [6.07, 6.45) is -2.95. The molecule has 0 aromatic heterocycles. The first-order chi connectivity index (χ1) is 6.56. The van der Waals surface area contributed by atoms with E-state index in [9.17, 15) is 10.2 Å². The van der Waals surface area contributed by atoms with Crippen molar-refractivity contribution in [2.75, 3.05) is 13.2 Å². The molecular formula is C7H14N2O4S. The van der Waals surface area contributed by atoms with Crippen LogP contribution in [-0.2, 0) is 4.74 Å². The van der Waals surface area contributed by atoms with Crippen molar-refractivity contribution in [1.82, 2.24) is 5.32 Å². The highest BCUT2D eigenvalue weighted by atomic mass is 32.1. The van der Waals surface area contributed by atoms with Gasteiger partial charge in [-0.2, -0.15) is 0 Å². The maximum absolute atomic E-state index is 9.57. The molecule has 1 aliphatic heterocycles. The van der Waals surface area contributed by atoms with E-state index in [-0.39, 0.29) is 18.3 Å². The zero-order valence-corrected chi connectivity index (χ0v) is 8.28. The number of aliphatic hydroxyl groups excluding tert-OH is 3. The fraction of sp³-hybridized carbons (Fsp3) is 0.857. The number of ether oxygens (including phenoxy) is 1.